The first-order chi connectivity index (χ1) is 10.1. The molecule has 0 aromatic heterocycles. The van der Waals surface area contributed by atoms with E-state index in [0.29, 0.717) is 9.23 Å². The Morgan fingerprint density at radius 1 is 1.10 bits per heavy atom. The molecule has 1 aliphatic heterocycles. The second-order valence-corrected chi connectivity index (χ2v) is 13.2. The van der Waals surface area contributed by atoms with Gasteiger partial charge in [-0.1, -0.05) is 63.6 Å². The highest BCUT2D eigenvalue weighted by Gasteiger charge is 2.47. The molecule has 1 aliphatic rings. The molecule has 0 N–H and O–H groups in total. The SMILES string of the molecule is CCCC[P+](CCCC)(CCCC)C1SC=C(C(=O)[O-])S1. The maximum atomic E-state index is 11.1. The molecule has 0 aliphatic carbocycles. The number of carboxylic acid groups (broad SMARTS) is 1. The fraction of sp³-hybridized carbons (Fsp3) is 0.812. The number of carbonyl (C=O) groups excluding carboxylic acids is 1. The first kappa shape index (κ1) is 19.4. The van der Waals surface area contributed by atoms with E-state index in [1.165, 1.54) is 57.0 Å². The minimum absolute atomic E-state index is 0.457. The van der Waals surface area contributed by atoms with E-state index in [4.69, 9.17) is 0 Å². The molecule has 1 rings (SSSR count). The summed E-state index contributed by atoms with van der Waals surface area (Å²) in [7, 11) is -1.09. The average molecular weight is 349 g/mol. The molecule has 0 spiro atoms. The van der Waals surface area contributed by atoms with Gasteiger partial charge in [-0.2, -0.15) is 0 Å². The van der Waals surface area contributed by atoms with Crippen molar-refractivity contribution < 1.29 is 9.90 Å². The molecule has 1 atom stereocenters. The molecule has 5 heteroatoms. The van der Waals surface area contributed by atoms with E-state index in [9.17, 15) is 9.90 Å². The molecular formula is C16H29O2PS2. The van der Waals surface area contributed by atoms with E-state index in [1.807, 2.05) is 5.41 Å². The highest BCUT2D eigenvalue weighted by molar-refractivity contribution is 8.31. The van der Waals surface area contributed by atoms with Crippen LogP contribution in [0.2, 0.25) is 0 Å². The topological polar surface area (TPSA) is 40.1 Å². The van der Waals surface area contributed by atoms with Gasteiger partial charge in [-0.15, -0.1) is 0 Å². The van der Waals surface area contributed by atoms with E-state index in [0.717, 1.165) is 0 Å². The lowest BCUT2D eigenvalue weighted by molar-refractivity contribution is -0.298. The average Bonchev–Trinajstić information content (AvgIpc) is 2.97. The first-order valence-corrected chi connectivity index (χ1v) is 12.4. The van der Waals surface area contributed by atoms with E-state index in [1.54, 1.807) is 23.5 Å². The van der Waals surface area contributed by atoms with Crippen LogP contribution in [0.25, 0.3) is 0 Å². The largest absolute Gasteiger partial charge is 0.544 e. The monoisotopic (exact) mass is 348 g/mol. The summed E-state index contributed by atoms with van der Waals surface area (Å²) in [6.45, 7) is 6.77. The van der Waals surface area contributed by atoms with Gasteiger partial charge in [0, 0.05) is 12.2 Å². The zero-order chi connectivity index (χ0) is 15.7. The lowest BCUT2D eigenvalue weighted by Crippen LogP contribution is -2.23. The minimum atomic E-state index is -1.09. The summed E-state index contributed by atoms with van der Waals surface area (Å²) in [6.07, 6.45) is 11.6. The van der Waals surface area contributed by atoms with Gasteiger partial charge in [0.1, 0.15) is 0 Å². The minimum Gasteiger partial charge on any atom is -0.544 e. The summed E-state index contributed by atoms with van der Waals surface area (Å²) < 4.78 is 0.468. The van der Waals surface area contributed by atoms with Crippen LogP contribution in [0.4, 0.5) is 0 Å². The van der Waals surface area contributed by atoms with Crippen LogP contribution in [0.3, 0.4) is 0 Å². The molecule has 2 nitrogen and oxygen atoms in total. The van der Waals surface area contributed by atoms with Crippen molar-refractivity contribution in [2.45, 2.75) is 63.6 Å². The Balaban J connectivity index is 2.84. The Bertz CT molecular complexity index is 336. The number of rotatable bonds is 11. The van der Waals surface area contributed by atoms with E-state index in [2.05, 4.69) is 20.8 Å². The Morgan fingerprint density at radius 3 is 1.90 bits per heavy atom. The Hall–Kier alpha value is 0.340. The molecule has 0 aromatic carbocycles. The zero-order valence-corrected chi connectivity index (χ0v) is 16.1. The van der Waals surface area contributed by atoms with E-state index < -0.39 is 13.2 Å². The van der Waals surface area contributed by atoms with Crippen molar-refractivity contribution in [2.75, 3.05) is 18.5 Å². The second-order valence-electron chi connectivity index (χ2n) is 5.78. The second kappa shape index (κ2) is 10.2. The molecule has 0 fully saturated rings. The predicted molar refractivity (Wildman–Crippen MR) is 98.3 cm³/mol. The summed E-state index contributed by atoms with van der Waals surface area (Å²) in [5, 5.41) is 13.0. The molecule has 122 valence electrons. The fourth-order valence-electron chi connectivity index (χ4n) is 2.69. The smallest absolute Gasteiger partial charge is 0.168 e. The van der Waals surface area contributed by atoms with Gasteiger partial charge in [-0.3, -0.25) is 0 Å². The summed E-state index contributed by atoms with van der Waals surface area (Å²) in [4.78, 5) is 11.6. The zero-order valence-electron chi connectivity index (χ0n) is 13.6. The lowest BCUT2D eigenvalue weighted by Gasteiger charge is -2.32. The normalized spacial score (nSPS) is 18.8. The summed E-state index contributed by atoms with van der Waals surface area (Å²) in [5.41, 5.74) is 0. The third-order valence-corrected chi connectivity index (χ3v) is 14.0. The predicted octanol–water partition coefficient (Wildman–Crippen LogP) is 4.76. The summed E-state index contributed by atoms with van der Waals surface area (Å²) >= 11 is 3.35. The number of carbonyl (C=O) groups is 1. The highest BCUT2D eigenvalue weighted by atomic mass is 32.2. The molecule has 0 bridgehead atoms. The number of hydrogen-bond donors (Lipinski definition) is 0. The van der Waals surface area contributed by atoms with E-state index >= 15 is 0 Å². The number of hydrogen-bond acceptors (Lipinski definition) is 4. The Labute approximate surface area is 139 Å². The molecule has 1 unspecified atom stereocenters. The molecule has 0 radical (unpaired) electrons. The molecule has 21 heavy (non-hydrogen) atoms. The van der Waals surface area contributed by atoms with Gasteiger partial charge in [0.15, 0.2) is 4.32 Å². The third kappa shape index (κ3) is 5.80. The van der Waals surface area contributed by atoms with E-state index in [-0.39, 0.29) is 0 Å². The Kier molecular flexibility index (Phi) is 9.40. The van der Waals surface area contributed by atoms with Gasteiger partial charge < -0.3 is 9.90 Å². The maximum absolute atomic E-state index is 11.1. The van der Waals surface area contributed by atoms with Crippen LogP contribution in [0.5, 0.6) is 0 Å². The number of thioether (sulfide) groups is 2. The summed E-state index contributed by atoms with van der Waals surface area (Å²) in [6, 6.07) is 0. The van der Waals surface area contributed by atoms with Crippen molar-refractivity contribution >= 4 is 36.8 Å². The Morgan fingerprint density at radius 2 is 1.57 bits per heavy atom. The van der Waals surface area contributed by atoms with Gasteiger partial charge in [-0.05, 0) is 24.7 Å². The van der Waals surface area contributed by atoms with Crippen molar-refractivity contribution in [1.82, 2.24) is 0 Å². The standard InChI is InChI=1S/C16H29O2PS2/c1-4-7-10-19(11-8-5-2,12-9-6-3)16-20-13-14(21-16)15(17)18/h13,16H,4-12H2,1-3H3. The molecule has 0 amide bonds. The van der Waals surface area contributed by atoms with Crippen LogP contribution in [0.15, 0.2) is 10.3 Å². The first-order valence-electron chi connectivity index (χ1n) is 8.19. The fourth-order valence-corrected chi connectivity index (χ4v) is 12.9. The quantitative estimate of drug-likeness (QED) is 0.505. The van der Waals surface area contributed by atoms with Crippen LogP contribution in [-0.4, -0.2) is 28.8 Å². The van der Waals surface area contributed by atoms with Gasteiger partial charge in [0.25, 0.3) is 0 Å². The third-order valence-electron chi connectivity index (χ3n) is 4.04. The molecule has 0 aromatic rings. The highest BCUT2D eigenvalue weighted by Crippen LogP contribution is 2.73. The van der Waals surface area contributed by atoms with Crippen LogP contribution in [0, 0.1) is 0 Å². The van der Waals surface area contributed by atoms with Crippen molar-refractivity contribution in [2.24, 2.45) is 0 Å². The van der Waals surface area contributed by atoms with Crippen LogP contribution < -0.4 is 5.11 Å². The maximum Gasteiger partial charge on any atom is 0.168 e. The molecular weight excluding hydrogens is 319 g/mol. The van der Waals surface area contributed by atoms with Gasteiger partial charge in [0.05, 0.1) is 24.5 Å². The molecule has 0 saturated carbocycles. The van der Waals surface area contributed by atoms with Gasteiger partial charge >= 0.3 is 0 Å². The van der Waals surface area contributed by atoms with Crippen molar-refractivity contribution in [3.8, 4) is 0 Å². The molecule has 0 saturated heterocycles. The number of carboxylic acids is 1. The van der Waals surface area contributed by atoms with Gasteiger partial charge in [0.2, 0.25) is 0 Å². The van der Waals surface area contributed by atoms with Crippen LogP contribution in [-0.2, 0) is 4.79 Å². The van der Waals surface area contributed by atoms with Crippen LogP contribution in [0.1, 0.15) is 59.3 Å². The molecule has 1 heterocycles. The number of unbranched alkanes of at least 4 members (excludes halogenated alkanes) is 3. The number of aliphatic carboxylic acids is 1. The van der Waals surface area contributed by atoms with Crippen molar-refractivity contribution in [1.29, 1.82) is 0 Å². The van der Waals surface area contributed by atoms with Crippen LogP contribution >= 0.6 is 30.8 Å². The van der Waals surface area contributed by atoms with Crippen molar-refractivity contribution in [3.05, 3.63) is 10.3 Å². The lowest BCUT2D eigenvalue weighted by atomic mass is 10.4. The van der Waals surface area contributed by atoms with Gasteiger partial charge in [-0.25, -0.2) is 0 Å². The van der Waals surface area contributed by atoms with Crippen molar-refractivity contribution in [3.63, 3.8) is 0 Å². The summed E-state index contributed by atoms with van der Waals surface area (Å²) in [5.74, 6) is -0.991.